The fourth-order valence-electron chi connectivity index (χ4n) is 2.84. The maximum atomic E-state index is 12.2. The zero-order valence-electron chi connectivity index (χ0n) is 18.0. The molecule has 28 heavy (non-hydrogen) atoms. The van der Waals surface area contributed by atoms with Gasteiger partial charge in [-0.15, -0.1) is 0 Å². The SMILES string of the molecule is C/C=C(\C)c1ccc(C(=O)O[C@@H](C)C(=O)OCCCCCCCCCC)cc1. The molecule has 1 aromatic carbocycles. The highest BCUT2D eigenvalue weighted by Crippen LogP contribution is 2.15. The van der Waals surface area contributed by atoms with Gasteiger partial charge in [-0.1, -0.05) is 70.1 Å². The van der Waals surface area contributed by atoms with E-state index in [0.717, 1.165) is 24.0 Å². The summed E-state index contributed by atoms with van der Waals surface area (Å²) >= 11 is 0. The summed E-state index contributed by atoms with van der Waals surface area (Å²) < 4.78 is 10.5. The number of allylic oxidation sites excluding steroid dienone is 2. The molecular formula is C24H36O4. The second kappa shape index (κ2) is 14.0. The quantitative estimate of drug-likeness (QED) is 0.292. The van der Waals surface area contributed by atoms with Crippen LogP contribution in [0.1, 0.15) is 95.0 Å². The Morgan fingerprint density at radius 2 is 1.46 bits per heavy atom. The zero-order valence-corrected chi connectivity index (χ0v) is 18.0. The molecule has 1 rings (SSSR count). The summed E-state index contributed by atoms with van der Waals surface area (Å²) in [6.45, 7) is 8.13. The predicted octanol–water partition coefficient (Wildman–Crippen LogP) is 6.34. The predicted molar refractivity (Wildman–Crippen MR) is 114 cm³/mol. The van der Waals surface area contributed by atoms with Crippen molar-refractivity contribution in [1.29, 1.82) is 0 Å². The van der Waals surface area contributed by atoms with Crippen molar-refractivity contribution in [1.82, 2.24) is 0 Å². The largest absolute Gasteiger partial charge is 0.463 e. The lowest BCUT2D eigenvalue weighted by molar-refractivity contribution is -0.153. The Hall–Kier alpha value is -2.10. The van der Waals surface area contributed by atoms with Gasteiger partial charge in [-0.05, 0) is 50.5 Å². The van der Waals surface area contributed by atoms with E-state index in [2.05, 4.69) is 6.92 Å². The third-order valence-corrected chi connectivity index (χ3v) is 4.87. The van der Waals surface area contributed by atoms with E-state index in [0.29, 0.717) is 12.2 Å². The van der Waals surface area contributed by atoms with Gasteiger partial charge in [0.05, 0.1) is 12.2 Å². The molecule has 0 unspecified atom stereocenters. The molecule has 4 nitrogen and oxygen atoms in total. The molecule has 4 heteroatoms. The van der Waals surface area contributed by atoms with Gasteiger partial charge in [0, 0.05) is 0 Å². The fraction of sp³-hybridized carbons (Fsp3) is 0.583. The van der Waals surface area contributed by atoms with Gasteiger partial charge in [0.2, 0.25) is 0 Å². The summed E-state index contributed by atoms with van der Waals surface area (Å²) in [5.74, 6) is -1.00. The molecule has 1 aromatic rings. The summed E-state index contributed by atoms with van der Waals surface area (Å²) in [5, 5.41) is 0. The number of rotatable bonds is 13. The van der Waals surface area contributed by atoms with E-state index in [-0.39, 0.29) is 0 Å². The van der Waals surface area contributed by atoms with Crippen LogP contribution in [0.25, 0.3) is 5.57 Å². The Morgan fingerprint density at radius 1 is 0.929 bits per heavy atom. The molecule has 0 aromatic heterocycles. The lowest BCUT2D eigenvalue weighted by Gasteiger charge is -2.13. The minimum absolute atomic E-state index is 0.382. The van der Waals surface area contributed by atoms with Crippen molar-refractivity contribution in [2.75, 3.05) is 6.61 Å². The van der Waals surface area contributed by atoms with Crippen LogP contribution >= 0.6 is 0 Å². The summed E-state index contributed by atoms with van der Waals surface area (Å²) in [5.41, 5.74) is 2.62. The first-order chi connectivity index (χ1) is 13.5. The van der Waals surface area contributed by atoms with Crippen LogP contribution < -0.4 is 0 Å². The first-order valence-corrected chi connectivity index (χ1v) is 10.6. The Labute approximate surface area is 170 Å². The number of carbonyl (C=O) groups is 2. The van der Waals surface area contributed by atoms with Gasteiger partial charge in [0.1, 0.15) is 0 Å². The number of ether oxygens (including phenoxy) is 2. The molecule has 0 saturated carbocycles. The molecule has 1 atom stereocenters. The van der Waals surface area contributed by atoms with Gasteiger partial charge in [0.15, 0.2) is 6.10 Å². The highest BCUT2D eigenvalue weighted by Gasteiger charge is 2.20. The van der Waals surface area contributed by atoms with Gasteiger partial charge < -0.3 is 9.47 Å². The van der Waals surface area contributed by atoms with Crippen molar-refractivity contribution < 1.29 is 19.1 Å². The molecule has 0 amide bonds. The maximum Gasteiger partial charge on any atom is 0.347 e. The number of esters is 2. The van der Waals surface area contributed by atoms with Crippen LogP contribution in [-0.2, 0) is 14.3 Å². The first-order valence-electron chi connectivity index (χ1n) is 10.6. The Kier molecular flexibility index (Phi) is 11.9. The van der Waals surface area contributed by atoms with Gasteiger partial charge in [-0.2, -0.15) is 0 Å². The number of carbonyl (C=O) groups excluding carboxylic acids is 2. The minimum Gasteiger partial charge on any atom is -0.463 e. The Bertz CT molecular complexity index is 616. The van der Waals surface area contributed by atoms with Crippen LogP contribution in [0.15, 0.2) is 30.3 Å². The maximum absolute atomic E-state index is 12.2. The molecule has 0 aliphatic heterocycles. The van der Waals surface area contributed by atoms with Gasteiger partial charge in [-0.25, -0.2) is 9.59 Å². The molecule has 156 valence electrons. The number of benzene rings is 1. The second-order valence-corrected chi connectivity index (χ2v) is 7.24. The van der Waals surface area contributed by atoms with Crippen molar-refractivity contribution in [2.24, 2.45) is 0 Å². The molecule has 0 heterocycles. The fourth-order valence-corrected chi connectivity index (χ4v) is 2.84. The second-order valence-electron chi connectivity index (χ2n) is 7.24. The topological polar surface area (TPSA) is 52.6 Å². The Morgan fingerprint density at radius 3 is 2.04 bits per heavy atom. The van der Waals surface area contributed by atoms with Crippen LogP contribution in [0.3, 0.4) is 0 Å². The van der Waals surface area contributed by atoms with Crippen LogP contribution in [0.2, 0.25) is 0 Å². The van der Waals surface area contributed by atoms with E-state index >= 15 is 0 Å². The lowest BCUT2D eigenvalue weighted by Crippen LogP contribution is -2.26. The van der Waals surface area contributed by atoms with Crippen molar-refractivity contribution in [2.45, 2.75) is 85.2 Å². The average Bonchev–Trinajstić information content (AvgIpc) is 2.71. The highest BCUT2D eigenvalue weighted by molar-refractivity contribution is 5.91. The normalized spacial score (nSPS) is 12.5. The molecule has 0 radical (unpaired) electrons. The Balaban J connectivity index is 2.25. The van der Waals surface area contributed by atoms with E-state index < -0.39 is 18.0 Å². The van der Waals surface area contributed by atoms with E-state index in [1.54, 1.807) is 19.1 Å². The summed E-state index contributed by atoms with van der Waals surface area (Å²) in [7, 11) is 0. The van der Waals surface area contributed by atoms with Crippen LogP contribution in [0.5, 0.6) is 0 Å². The summed E-state index contributed by atoms with van der Waals surface area (Å²) in [4.78, 5) is 24.2. The zero-order chi connectivity index (χ0) is 20.8. The summed E-state index contributed by atoms with van der Waals surface area (Å²) in [6.07, 6.45) is 10.6. The van der Waals surface area contributed by atoms with Crippen molar-refractivity contribution in [3.63, 3.8) is 0 Å². The van der Waals surface area contributed by atoms with Crippen molar-refractivity contribution in [3.05, 3.63) is 41.5 Å². The number of hydrogen-bond donors (Lipinski definition) is 0. The molecule has 0 fully saturated rings. The molecule has 0 aliphatic rings. The molecular weight excluding hydrogens is 352 g/mol. The van der Waals surface area contributed by atoms with E-state index in [1.807, 2.05) is 32.1 Å². The third kappa shape index (κ3) is 9.20. The number of hydrogen-bond acceptors (Lipinski definition) is 4. The average molecular weight is 389 g/mol. The van der Waals surface area contributed by atoms with Gasteiger partial charge >= 0.3 is 11.9 Å². The molecule has 0 N–H and O–H groups in total. The third-order valence-electron chi connectivity index (χ3n) is 4.87. The monoisotopic (exact) mass is 388 g/mol. The standard InChI is InChI=1S/C24H36O4/c1-5-7-8-9-10-11-12-13-18-27-23(25)20(4)28-24(26)22-16-14-21(15-17-22)19(3)6-2/h6,14-17,20H,5,7-13,18H2,1-4H3/b19-6+/t20-/m0/s1. The van der Waals surface area contributed by atoms with E-state index in [1.165, 1.54) is 38.5 Å². The minimum atomic E-state index is -0.904. The van der Waals surface area contributed by atoms with Gasteiger partial charge in [-0.3, -0.25) is 0 Å². The van der Waals surface area contributed by atoms with Crippen molar-refractivity contribution in [3.8, 4) is 0 Å². The molecule has 0 bridgehead atoms. The van der Waals surface area contributed by atoms with E-state index in [9.17, 15) is 9.59 Å². The lowest BCUT2D eigenvalue weighted by atomic mass is 10.1. The first kappa shape index (κ1) is 23.9. The van der Waals surface area contributed by atoms with Crippen molar-refractivity contribution >= 4 is 17.5 Å². The molecule has 0 saturated heterocycles. The summed E-state index contributed by atoms with van der Waals surface area (Å²) in [6, 6.07) is 7.17. The molecule has 0 aliphatic carbocycles. The smallest absolute Gasteiger partial charge is 0.347 e. The highest BCUT2D eigenvalue weighted by atomic mass is 16.6. The van der Waals surface area contributed by atoms with Crippen LogP contribution in [0.4, 0.5) is 0 Å². The van der Waals surface area contributed by atoms with Crippen LogP contribution in [0, 0.1) is 0 Å². The molecule has 0 spiro atoms. The van der Waals surface area contributed by atoms with Gasteiger partial charge in [0.25, 0.3) is 0 Å². The van der Waals surface area contributed by atoms with E-state index in [4.69, 9.17) is 9.47 Å². The number of unbranched alkanes of at least 4 members (excludes halogenated alkanes) is 7. The van der Waals surface area contributed by atoms with Crippen LogP contribution in [-0.4, -0.2) is 24.6 Å².